The van der Waals surface area contributed by atoms with E-state index in [0.29, 0.717) is 25.5 Å². The van der Waals surface area contributed by atoms with Gasteiger partial charge in [-0.3, -0.25) is 9.59 Å². The minimum atomic E-state index is -0.499. The lowest BCUT2D eigenvalue weighted by Crippen LogP contribution is -2.43. The van der Waals surface area contributed by atoms with Crippen molar-refractivity contribution in [3.63, 3.8) is 0 Å². The molecule has 0 aliphatic carbocycles. The summed E-state index contributed by atoms with van der Waals surface area (Å²) < 4.78 is 11.3. The van der Waals surface area contributed by atoms with E-state index in [9.17, 15) is 19.8 Å². The van der Waals surface area contributed by atoms with E-state index in [1.807, 2.05) is 18.2 Å². The molecule has 2 amide bonds. The molecule has 1 aromatic heterocycles. The maximum absolute atomic E-state index is 13.4. The average molecular weight is 535 g/mol. The summed E-state index contributed by atoms with van der Waals surface area (Å²) in [5.41, 5.74) is 1.87. The second-order valence-electron chi connectivity index (χ2n) is 10.0. The number of fused-ring (bicyclic) bond motifs is 1. The molecule has 3 heterocycles. The van der Waals surface area contributed by atoms with Crippen molar-refractivity contribution in [1.29, 1.82) is 0 Å². The first-order valence-electron chi connectivity index (χ1n) is 13.2. The second-order valence-corrected chi connectivity index (χ2v) is 10.0. The van der Waals surface area contributed by atoms with Crippen molar-refractivity contribution in [1.82, 2.24) is 20.0 Å². The molecular formula is C29H34N4O6. The number of amides is 2. The molecule has 1 fully saturated rings. The van der Waals surface area contributed by atoms with Gasteiger partial charge >= 0.3 is 0 Å². The van der Waals surface area contributed by atoms with E-state index < -0.39 is 17.6 Å². The van der Waals surface area contributed by atoms with Gasteiger partial charge in [-0.25, -0.2) is 0 Å². The molecule has 0 unspecified atom stereocenters. The van der Waals surface area contributed by atoms with Gasteiger partial charge in [-0.05, 0) is 47.9 Å². The van der Waals surface area contributed by atoms with E-state index in [0.717, 1.165) is 62.1 Å². The Balaban J connectivity index is 1.21. The Morgan fingerprint density at radius 2 is 1.79 bits per heavy atom. The third kappa shape index (κ3) is 6.18. The highest BCUT2D eigenvalue weighted by Gasteiger charge is 2.29. The second kappa shape index (κ2) is 11.8. The molecule has 39 heavy (non-hydrogen) atoms. The van der Waals surface area contributed by atoms with Gasteiger partial charge in [0.15, 0.2) is 0 Å². The number of nitrogens with one attached hydrogen (secondary N) is 1. The highest BCUT2D eigenvalue weighted by Crippen LogP contribution is 2.33. The van der Waals surface area contributed by atoms with Crippen LogP contribution in [-0.2, 0) is 19.6 Å². The average Bonchev–Trinajstić information content (AvgIpc) is 3.61. The summed E-state index contributed by atoms with van der Waals surface area (Å²) in [5, 5.41) is 24.2. The molecule has 0 atom stereocenters. The molecular weight excluding hydrogens is 500 g/mol. The number of benzene rings is 2. The highest BCUT2D eigenvalue weighted by molar-refractivity contribution is 6.03. The van der Waals surface area contributed by atoms with E-state index in [1.54, 1.807) is 24.1 Å². The molecule has 0 radical (unpaired) electrons. The molecule has 3 aromatic rings. The molecule has 0 spiro atoms. The van der Waals surface area contributed by atoms with Gasteiger partial charge in [-0.1, -0.05) is 6.07 Å². The minimum Gasteiger partial charge on any atom is -0.507 e. The summed E-state index contributed by atoms with van der Waals surface area (Å²) >= 11 is 0. The zero-order valence-electron chi connectivity index (χ0n) is 22.1. The monoisotopic (exact) mass is 534 g/mol. The maximum atomic E-state index is 13.4. The zero-order valence-corrected chi connectivity index (χ0v) is 22.1. The first-order chi connectivity index (χ1) is 18.9. The Morgan fingerprint density at radius 3 is 2.56 bits per heavy atom. The lowest BCUT2D eigenvalue weighted by Gasteiger charge is -2.26. The quantitative estimate of drug-likeness (QED) is 0.359. The lowest BCUT2D eigenvalue weighted by molar-refractivity contribution is 0.0748. The topological polar surface area (TPSA) is 119 Å². The molecule has 0 saturated carbocycles. The van der Waals surface area contributed by atoms with Gasteiger partial charge in [0.1, 0.15) is 23.0 Å². The predicted molar refractivity (Wildman–Crippen MR) is 144 cm³/mol. The van der Waals surface area contributed by atoms with E-state index in [1.165, 1.54) is 17.2 Å². The number of rotatable bonds is 9. The first-order valence-corrected chi connectivity index (χ1v) is 13.2. The van der Waals surface area contributed by atoms with Crippen LogP contribution in [0.25, 0.3) is 0 Å². The molecule has 5 rings (SSSR count). The molecule has 10 heteroatoms. The van der Waals surface area contributed by atoms with E-state index in [4.69, 9.17) is 9.15 Å². The number of carbonyl (C=O) groups excluding carboxylic acids is 2. The van der Waals surface area contributed by atoms with Crippen molar-refractivity contribution in [2.24, 2.45) is 0 Å². The maximum Gasteiger partial charge on any atom is 0.258 e. The molecule has 2 aliphatic rings. The fraction of sp³-hybridized carbons (Fsp3) is 0.379. The van der Waals surface area contributed by atoms with Crippen molar-refractivity contribution < 1.29 is 29.0 Å². The van der Waals surface area contributed by atoms with E-state index >= 15 is 0 Å². The summed E-state index contributed by atoms with van der Waals surface area (Å²) in [7, 11) is 1.57. The van der Waals surface area contributed by atoms with Crippen LogP contribution < -0.4 is 10.1 Å². The fourth-order valence-electron chi connectivity index (χ4n) is 5.02. The van der Waals surface area contributed by atoms with Crippen LogP contribution >= 0.6 is 0 Å². The normalized spacial score (nSPS) is 15.3. The fourth-order valence-corrected chi connectivity index (χ4v) is 5.02. The number of hydrogen-bond acceptors (Lipinski definition) is 8. The lowest BCUT2D eigenvalue weighted by atomic mass is 10.1. The Kier molecular flexibility index (Phi) is 8.04. The van der Waals surface area contributed by atoms with Crippen molar-refractivity contribution in [2.45, 2.75) is 26.1 Å². The number of nitrogens with zero attached hydrogens (tertiary/aromatic N) is 3. The molecule has 2 aromatic carbocycles. The molecule has 2 aliphatic heterocycles. The van der Waals surface area contributed by atoms with Crippen LogP contribution in [0.4, 0.5) is 0 Å². The Bertz CT molecular complexity index is 1320. The smallest absolute Gasteiger partial charge is 0.258 e. The number of ether oxygens (including phenoxy) is 1. The van der Waals surface area contributed by atoms with Gasteiger partial charge in [0.05, 0.1) is 30.5 Å². The Labute approximate surface area is 227 Å². The largest absolute Gasteiger partial charge is 0.507 e. The van der Waals surface area contributed by atoms with Crippen molar-refractivity contribution >= 4 is 11.8 Å². The SMILES string of the molecule is CN(Cc1ccco1)C(=O)c1cc(C(=O)N2Cc3ccc(OCCCN4CCNCC4)cc3C2)c(O)cc1O. The molecule has 1 saturated heterocycles. The Hall–Kier alpha value is -4.02. The van der Waals surface area contributed by atoms with Crippen LogP contribution in [0.5, 0.6) is 17.2 Å². The first kappa shape index (κ1) is 26.6. The third-order valence-electron chi connectivity index (χ3n) is 7.18. The summed E-state index contributed by atoms with van der Waals surface area (Å²) in [6, 6.07) is 11.6. The van der Waals surface area contributed by atoms with Crippen LogP contribution in [-0.4, -0.2) is 83.1 Å². The van der Waals surface area contributed by atoms with E-state index in [-0.39, 0.29) is 23.4 Å². The highest BCUT2D eigenvalue weighted by atomic mass is 16.5. The summed E-state index contributed by atoms with van der Waals surface area (Å²) in [6.07, 6.45) is 2.46. The standard InChI is InChI=1S/C29H34N4O6/c1-31(19-23-4-2-12-39-23)28(36)24-15-25(27(35)16-26(24)34)29(37)33-17-20-5-6-22(14-21(20)18-33)38-13-3-9-32-10-7-30-8-11-32/h2,4-6,12,14-16,30,34-35H,3,7-11,13,17-19H2,1H3. The molecule has 3 N–H and O–H groups in total. The number of aromatic hydroxyl groups is 2. The number of phenolic OH excluding ortho intramolecular Hbond substituents is 2. The van der Waals surface area contributed by atoms with Gasteiger partial charge in [-0.2, -0.15) is 0 Å². The van der Waals surface area contributed by atoms with Crippen LogP contribution in [0.2, 0.25) is 0 Å². The molecule has 10 nitrogen and oxygen atoms in total. The number of furan rings is 1. The minimum absolute atomic E-state index is 0.0419. The van der Waals surface area contributed by atoms with Crippen molar-refractivity contribution in [3.8, 4) is 17.2 Å². The predicted octanol–water partition coefficient (Wildman–Crippen LogP) is 2.79. The van der Waals surface area contributed by atoms with Gasteiger partial charge in [0, 0.05) is 58.9 Å². The third-order valence-corrected chi connectivity index (χ3v) is 7.18. The van der Waals surface area contributed by atoms with Crippen LogP contribution in [0.15, 0.2) is 53.1 Å². The van der Waals surface area contributed by atoms with Gasteiger partial charge in [0.25, 0.3) is 11.8 Å². The Morgan fingerprint density at radius 1 is 1.03 bits per heavy atom. The summed E-state index contributed by atoms with van der Waals surface area (Å²) in [4.78, 5) is 31.8. The van der Waals surface area contributed by atoms with Gasteiger partial charge < -0.3 is 39.4 Å². The van der Waals surface area contributed by atoms with E-state index in [2.05, 4.69) is 10.2 Å². The zero-order chi connectivity index (χ0) is 27.4. The number of hydrogen-bond donors (Lipinski definition) is 3. The number of phenols is 2. The molecule has 206 valence electrons. The van der Waals surface area contributed by atoms with Crippen molar-refractivity contribution in [3.05, 3.63) is 76.7 Å². The van der Waals surface area contributed by atoms with Crippen molar-refractivity contribution in [2.75, 3.05) is 46.4 Å². The van der Waals surface area contributed by atoms with Crippen LogP contribution in [0, 0.1) is 0 Å². The van der Waals surface area contributed by atoms with Gasteiger partial charge in [0.2, 0.25) is 0 Å². The molecule has 0 bridgehead atoms. The number of carbonyl (C=O) groups is 2. The van der Waals surface area contributed by atoms with Crippen LogP contribution in [0.1, 0.15) is 44.0 Å². The van der Waals surface area contributed by atoms with Crippen LogP contribution in [0.3, 0.4) is 0 Å². The number of piperazine rings is 1. The summed E-state index contributed by atoms with van der Waals surface area (Å²) in [6.45, 7) is 6.75. The summed E-state index contributed by atoms with van der Waals surface area (Å²) in [5.74, 6) is -0.358. The van der Waals surface area contributed by atoms with Gasteiger partial charge in [-0.15, -0.1) is 0 Å².